The lowest BCUT2D eigenvalue weighted by Gasteiger charge is -2.41. The average Bonchev–Trinajstić information content (AvgIpc) is 3.02. The molecular weight excluding hydrogens is 594 g/mol. The molecule has 3 aromatic rings. The van der Waals surface area contributed by atoms with Crippen LogP contribution in [0.4, 0.5) is 0 Å². The number of halogens is 1. The van der Waals surface area contributed by atoms with E-state index in [0.717, 1.165) is 50.0 Å². The van der Waals surface area contributed by atoms with Crippen LogP contribution in [0.15, 0.2) is 95.9 Å². The van der Waals surface area contributed by atoms with Crippen LogP contribution in [-0.2, 0) is 26.2 Å². The molecule has 1 saturated carbocycles. The minimum absolute atomic E-state index is 0. The predicted molar refractivity (Wildman–Crippen MR) is 177 cm³/mol. The lowest BCUT2D eigenvalue weighted by molar-refractivity contribution is -0.152. The number of piperidine rings is 1. The number of ether oxygens (including phenoxy) is 1. The second-order valence-electron chi connectivity index (χ2n) is 12.1. The molecule has 3 aromatic carbocycles. The van der Waals surface area contributed by atoms with Crippen molar-refractivity contribution >= 4 is 28.4 Å². The molecular formula is C35H46ClN3O4S. The van der Waals surface area contributed by atoms with E-state index in [1.165, 1.54) is 23.6 Å². The maximum atomic E-state index is 13.3. The van der Waals surface area contributed by atoms with E-state index in [0.29, 0.717) is 24.0 Å². The van der Waals surface area contributed by atoms with E-state index in [1.807, 2.05) is 54.6 Å². The molecule has 0 radical (unpaired) electrons. The van der Waals surface area contributed by atoms with E-state index in [4.69, 9.17) is 4.74 Å². The first-order valence-electron chi connectivity index (χ1n) is 15.6. The van der Waals surface area contributed by atoms with E-state index in [2.05, 4.69) is 22.3 Å². The summed E-state index contributed by atoms with van der Waals surface area (Å²) >= 11 is 0. The summed E-state index contributed by atoms with van der Waals surface area (Å²) < 4.78 is 33.9. The highest BCUT2D eigenvalue weighted by Gasteiger charge is 2.34. The molecule has 1 N–H and O–H groups in total. The molecule has 238 valence electrons. The number of benzene rings is 3. The highest BCUT2D eigenvalue weighted by molar-refractivity contribution is 7.89. The third-order valence-electron chi connectivity index (χ3n) is 9.10. The highest BCUT2D eigenvalue weighted by Crippen LogP contribution is 2.30. The summed E-state index contributed by atoms with van der Waals surface area (Å²) in [5, 5.41) is 3.79. The summed E-state index contributed by atoms with van der Waals surface area (Å²) in [4.78, 5) is 15.9. The van der Waals surface area contributed by atoms with Crippen molar-refractivity contribution in [1.29, 1.82) is 0 Å². The van der Waals surface area contributed by atoms with Gasteiger partial charge in [-0.05, 0) is 73.7 Å². The SMILES string of the molecule is CN(C[C@H](CCN1CCC(C(=O)OCc2ccccc2)C[C@H]1NCC1CCC1)c1ccccc1)S(=O)(=O)c1ccccc1.Cl. The molecule has 5 rings (SSSR count). The van der Waals surface area contributed by atoms with Crippen molar-refractivity contribution in [3.8, 4) is 0 Å². The molecule has 1 heterocycles. The minimum Gasteiger partial charge on any atom is -0.461 e. The van der Waals surface area contributed by atoms with Crippen LogP contribution in [-0.4, -0.2) is 63.0 Å². The quantitative estimate of drug-likeness (QED) is 0.216. The highest BCUT2D eigenvalue weighted by atomic mass is 35.5. The number of nitrogens with one attached hydrogen (secondary N) is 1. The smallest absolute Gasteiger partial charge is 0.309 e. The number of hydrogen-bond acceptors (Lipinski definition) is 6. The number of likely N-dealkylation sites (tertiary alicyclic amines) is 1. The van der Waals surface area contributed by atoms with Crippen LogP contribution < -0.4 is 5.32 Å². The Morgan fingerprint density at radius 1 is 0.955 bits per heavy atom. The molecule has 0 spiro atoms. The number of esters is 1. The van der Waals surface area contributed by atoms with Gasteiger partial charge in [0.25, 0.3) is 0 Å². The van der Waals surface area contributed by atoms with Gasteiger partial charge in [0.2, 0.25) is 10.0 Å². The molecule has 2 fully saturated rings. The van der Waals surface area contributed by atoms with Gasteiger partial charge in [-0.15, -0.1) is 12.4 Å². The summed E-state index contributed by atoms with van der Waals surface area (Å²) in [5.74, 6) is 0.492. The van der Waals surface area contributed by atoms with E-state index in [-0.39, 0.29) is 36.4 Å². The van der Waals surface area contributed by atoms with E-state index >= 15 is 0 Å². The number of likely N-dealkylation sites (N-methyl/N-ethyl adjacent to an activating group) is 1. The predicted octanol–water partition coefficient (Wildman–Crippen LogP) is 6.07. The Morgan fingerprint density at radius 2 is 1.59 bits per heavy atom. The van der Waals surface area contributed by atoms with Crippen LogP contribution in [0.3, 0.4) is 0 Å². The number of rotatable bonds is 14. The largest absolute Gasteiger partial charge is 0.461 e. The zero-order chi connectivity index (χ0) is 30.1. The van der Waals surface area contributed by atoms with Crippen LogP contribution in [0.5, 0.6) is 0 Å². The molecule has 1 aliphatic heterocycles. The third kappa shape index (κ3) is 9.14. The number of sulfonamides is 1. The van der Waals surface area contributed by atoms with Crippen molar-refractivity contribution in [2.45, 2.75) is 62.1 Å². The van der Waals surface area contributed by atoms with Crippen LogP contribution >= 0.6 is 12.4 Å². The van der Waals surface area contributed by atoms with Gasteiger partial charge >= 0.3 is 5.97 Å². The molecule has 0 amide bonds. The van der Waals surface area contributed by atoms with Gasteiger partial charge in [-0.25, -0.2) is 12.7 Å². The molecule has 44 heavy (non-hydrogen) atoms. The van der Waals surface area contributed by atoms with Gasteiger partial charge < -0.3 is 10.1 Å². The average molecular weight is 640 g/mol. The molecule has 2 aliphatic rings. The van der Waals surface area contributed by atoms with Gasteiger partial charge in [0.15, 0.2) is 0 Å². The zero-order valence-electron chi connectivity index (χ0n) is 25.6. The first-order chi connectivity index (χ1) is 20.9. The lowest BCUT2D eigenvalue weighted by Crippen LogP contribution is -2.53. The zero-order valence-corrected chi connectivity index (χ0v) is 27.2. The Bertz CT molecular complexity index is 1390. The standard InChI is InChI=1S/C35H45N3O4S.ClH/c1-37(43(40,41)33-18-9-4-10-19-33)26-32(30-16-7-3-8-17-30)21-23-38-22-20-31(24-34(38)36-25-28-14-11-15-28)35(39)42-27-29-12-5-2-6-13-29;/h2-10,12-13,16-19,28,31-32,34,36H,11,14-15,20-27H2,1H3;1H/t31?,32-,34-;/m0./s1. The van der Waals surface area contributed by atoms with Gasteiger partial charge in [-0.1, -0.05) is 85.3 Å². The van der Waals surface area contributed by atoms with Crippen molar-refractivity contribution in [3.63, 3.8) is 0 Å². The minimum atomic E-state index is -3.60. The lowest BCUT2D eigenvalue weighted by atomic mass is 9.85. The molecule has 1 unspecified atom stereocenters. The number of carbonyl (C=O) groups is 1. The number of hydrogen-bond donors (Lipinski definition) is 1. The van der Waals surface area contributed by atoms with E-state index in [9.17, 15) is 13.2 Å². The Balaban J connectivity index is 0.00000442. The van der Waals surface area contributed by atoms with Gasteiger partial charge in [-0.3, -0.25) is 9.69 Å². The van der Waals surface area contributed by atoms with Gasteiger partial charge in [0.1, 0.15) is 6.61 Å². The first kappa shape index (κ1) is 34.1. The summed E-state index contributed by atoms with van der Waals surface area (Å²) in [7, 11) is -1.92. The molecule has 0 aromatic heterocycles. The van der Waals surface area contributed by atoms with E-state index < -0.39 is 10.0 Å². The van der Waals surface area contributed by atoms with Crippen molar-refractivity contribution in [2.24, 2.45) is 11.8 Å². The number of nitrogens with zero attached hydrogens (tertiary/aromatic N) is 2. The molecule has 1 aliphatic carbocycles. The van der Waals surface area contributed by atoms with Gasteiger partial charge in [0.05, 0.1) is 17.0 Å². The monoisotopic (exact) mass is 639 g/mol. The topological polar surface area (TPSA) is 79.0 Å². The van der Waals surface area contributed by atoms with Crippen LogP contribution in [0, 0.1) is 11.8 Å². The Kier molecular flexibility index (Phi) is 12.8. The van der Waals surface area contributed by atoms with Crippen molar-refractivity contribution in [2.75, 3.05) is 33.2 Å². The Labute approximate surface area is 269 Å². The molecule has 1 saturated heterocycles. The fourth-order valence-electron chi connectivity index (χ4n) is 6.15. The van der Waals surface area contributed by atoms with Crippen LogP contribution in [0.25, 0.3) is 0 Å². The van der Waals surface area contributed by atoms with Crippen molar-refractivity contribution in [3.05, 3.63) is 102 Å². The summed E-state index contributed by atoms with van der Waals surface area (Å²) in [5.41, 5.74) is 2.13. The molecule has 0 bridgehead atoms. The Morgan fingerprint density at radius 3 is 2.23 bits per heavy atom. The fraction of sp³-hybridized carbons (Fsp3) is 0.457. The summed E-state index contributed by atoms with van der Waals surface area (Å²) in [6, 6.07) is 28.7. The second kappa shape index (κ2) is 16.5. The Hall–Kier alpha value is -2.75. The molecule has 3 atom stereocenters. The normalized spacial score (nSPS) is 20.0. The molecule has 9 heteroatoms. The summed E-state index contributed by atoms with van der Waals surface area (Å²) in [6.45, 7) is 3.27. The van der Waals surface area contributed by atoms with Gasteiger partial charge in [0, 0.05) is 26.7 Å². The third-order valence-corrected chi connectivity index (χ3v) is 10.9. The van der Waals surface area contributed by atoms with E-state index in [1.54, 1.807) is 31.3 Å². The maximum absolute atomic E-state index is 13.3. The number of carbonyl (C=O) groups excluding carboxylic acids is 1. The second-order valence-corrected chi connectivity index (χ2v) is 14.1. The van der Waals surface area contributed by atoms with Crippen LogP contribution in [0.1, 0.15) is 55.6 Å². The van der Waals surface area contributed by atoms with Crippen LogP contribution in [0.2, 0.25) is 0 Å². The van der Waals surface area contributed by atoms with Gasteiger partial charge in [-0.2, -0.15) is 0 Å². The van der Waals surface area contributed by atoms with Crippen molar-refractivity contribution in [1.82, 2.24) is 14.5 Å². The maximum Gasteiger partial charge on any atom is 0.309 e. The summed E-state index contributed by atoms with van der Waals surface area (Å²) in [6.07, 6.45) is 6.20. The van der Waals surface area contributed by atoms with Crippen molar-refractivity contribution < 1.29 is 17.9 Å². The first-order valence-corrected chi connectivity index (χ1v) is 17.1. The molecule has 7 nitrogen and oxygen atoms in total. The fourth-order valence-corrected chi connectivity index (χ4v) is 7.38.